The first-order valence-corrected chi connectivity index (χ1v) is 10.9. The summed E-state index contributed by atoms with van der Waals surface area (Å²) in [5.41, 5.74) is 13.1. The predicted octanol–water partition coefficient (Wildman–Crippen LogP) is 4.81. The fourth-order valence-electron chi connectivity index (χ4n) is 4.97. The molecule has 2 aliphatic rings. The highest BCUT2D eigenvalue weighted by atomic mass is 16.5. The standard InChI is InChI=1S/C26H27N5O2/c1-5-29-25(17-8-6-7-16-9-10-28-13-20(16)17)24-18-12-22(32-4)19(11-21(18)30-26(24)27)23-14(2)31-33-15(23)3/h5-12,17,20,28,30H,1,13,27H2,2-4H3. The van der Waals surface area contributed by atoms with E-state index in [0.717, 1.165) is 57.1 Å². The number of H-pyrrole nitrogens is 1. The normalized spacial score (nSPS) is 19.8. The van der Waals surface area contributed by atoms with E-state index in [0.29, 0.717) is 5.82 Å². The van der Waals surface area contributed by atoms with Gasteiger partial charge >= 0.3 is 0 Å². The molecular weight excluding hydrogens is 414 g/mol. The number of nitrogen functional groups attached to an aromatic ring is 1. The average molecular weight is 442 g/mol. The van der Waals surface area contributed by atoms with Crippen molar-refractivity contribution in [2.45, 2.75) is 13.8 Å². The molecule has 0 spiro atoms. The molecule has 33 heavy (non-hydrogen) atoms. The summed E-state index contributed by atoms with van der Waals surface area (Å²) in [7, 11) is 1.66. The number of anilines is 1. The van der Waals surface area contributed by atoms with Crippen molar-refractivity contribution in [2.24, 2.45) is 16.8 Å². The van der Waals surface area contributed by atoms with Gasteiger partial charge in [-0.15, -0.1) is 0 Å². The molecule has 0 fully saturated rings. The summed E-state index contributed by atoms with van der Waals surface area (Å²) in [5, 5.41) is 8.40. The van der Waals surface area contributed by atoms with Crippen LogP contribution in [0.1, 0.15) is 17.0 Å². The summed E-state index contributed by atoms with van der Waals surface area (Å²) in [6.45, 7) is 8.52. The van der Waals surface area contributed by atoms with Gasteiger partial charge in [0, 0.05) is 46.6 Å². The van der Waals surface area contributed by atoms with Crippen LogP contribution in [-0.2, 0) is 0 Å². The van der Waals surface area contributed by atoms with E-state index in [2.05, 4.69) is 46.3 Å². The van der Waals surface area contributed by atoms with Crippen LogP contribution in [-0.4, -0.2) is 29.5 Å². The van der Waals surface area contributed by atoms with Crippen LogP contribution in [0.4, 0.5) is 5.82 Å². The number of aromatic nitrogens is 2. The Bertz CT molecular complexity index is 1350. The van der Waals surface area contributed by atoms with Crippen molar-refractivity contribution in [3.05, 3.63) is 78.0 Å². The fraction of sp³-hybridized carbons (Fsp3) is 0.231. The lowest BCUT2D eigenvalue weighted by atomic mass is 9.76. The summed E-state index contributed by atoms with van der Waals surface area (Å²) in [6.07, 6.45) is 12.1. The first-order chi connectivity index (χ1) is 16.0. The lowest BCUT2D eigenvalue weighted by Gasteiger charge is -2.32. The van der Waals surface area contributed by atoms with Gasteiger partial charge in [-0.05, 0) is 43.8 Å². The van der Waals surface area contributed by atoms with Gasteiger partial charge in [-0.2, -0.15) is 0 Å². The van der Waals surface area contributed by atoms with Gasteiger partial charge in [0.05, 0.1) is 24.1 Å². The van der Waals surface area contributed by atoms with E-state index in [9.17, 15) is 0 Å². The van der Waals surface area contributed by atoms with E-state index in [-0.39, 0.29) is 11.8 Å². The number of nitrogens with two attached hydrogens (primary N) is 1. The van der Waals surface area contributed by atoms with Crippen LogP contribution in [0.3, 0.4) is 0 Å². The molecule has 0 bridgehead atoms. The number of nitrogens with zero attached hydrogens (tertiary/aromatic N) is 2. The second-order valence-electron chi connectivity index (χ2n) is 8.33. The highest BCUT2D eigenvalue weighted by molar-refractivity contribution is 6.17. The van der Waals surface area contributed by atoms with Gasteiger partial charge in [-0.3, -0.25) is 4.99 Å². The predicted molar refractivity (Wildman–Crippen MR) is 132 cm³/mol. The number of hydrogen-bond donors (Lipinski definition) is 3. The van der Waals surface area contributed by atoms with E-state index in [1.54, 1.807) is 13.3 Å². The van der Waals surface area contributed by atoms with Gasteiger partial charge in [0.15, 0.2) is 0 Å². The maximum absolute atomic E-state index is 6.57. The van der Waals surface area contributed by atoms with Crippen molar-refractivity contribution < 1.29 is 9.26 Å². The van der Waals surface area contributed by atoms with Crippen molar-refractivity contribution >= 4 is 22.4 Å². The average Bonchev–Trinajstić information content (AvgIpc) is 3.33. The number of aromatic amines is 1. The van der Waals surface area contributed by atoms with Crippen molar-refractivity contribution in [2.75, 3.05) is 19.4 Å². The van der Waals surface area contributed by atoms with Crippen LogP contribution >= 0.6 is 0 Å². The van der Waals surface area contributed by atoms with Gasteiger partial charge in [0.2, 0.25) is 0 Å². The highest BCUT2D eigenvalue weighted by Gasteiger charge is 2.32. The van der Waals surface area contributed by atoms with E-state index in [1.807, 2.05) is 32.2 Å². The third-order valence-electron chi connectivity index (χ3n) is 6.45. The minimum atomic E-state index is 0.0509. The summed E-state index contributed by atoms with van der Waals surface area (Å²) in [6, 6.07) is 4.05. The Hall–Kier alpha value is -4.00. The first-order valence-electron chi connectivity index (χ1n) is 10.9. The molecule has 0 saturated carbocycles. The first kappa shape index (κ1) is 20.9. The van der Waals surface area contributed by atoms with Crippen LogP contribution in [0.15, 0.2) is 70.5 Å². The molecule has 7 nitrogen and oxygen atoms in total. The van der Waals surface area contributed by atoms with Gasteiger partial charge in [0.25, 0.3) is 0 Å². The summed E-state index contributed by atoms with van der Waals surface area (Å²) in [5.74, 6) is 2.33. The number of aryl methyl sites for hydroxylation is 2. The fourth-order valence-corrected chi connectivity index (χ4v) is 4.97. The molecular formula is C26H27N5O2. The molecule has 1 aliphatic carbocycles. The quantitative estimate of drug-likeness (QED) is 0.493. The Kier molecular flexibility index (Phi) is 5.17. The molecule has 1 aromatic carbocycles. The Morgan fingerprint density at radius 2 is 2.21 bits per heavy atom. The third-order valence-corrected chi connectivity index (χ3v) is 6.45. The zero-order chi connectivity index (χ0) is 23.1. The third kappa shape index (κ3) is 3.36. The Balaban J connectivity index is 1.69. The van der Waals surface area contributed by atoms with Gasteiger partial charge < -0.3 is 25.3 Å². The number of benzene rings is 1. The molecule has 5 rings (SSSR count). The molecule has 0 saturated heterocycles. The van der Waals surface area contributed by atoms with E-state index >= 15 is 0 Å². The van der Waals surface area contributed by atoms with Crippen LogP contribution in [0.5, 0.6) is 5.75 Å². The largest absolute Gasteiger partial charge is 0.496 e. The molecule has 2 atom stereocenters. The minimum absolute atomic E-state index is 0.0509. The summed E-state index contributed by atoms with van der Waals surface area (Å²) < 4.78 is 11.2. The van der Waals surface area contributed by atoms with E-state index in [1.165, 1.54) is 5.57 Å². The van der Waals surface area contributed by atoms with Crippen LogP contribution < -0.4 is 15.8 Å². The van der Waals surface area contributed by atoms with E-state index in [4.69, 9.17) is 20.0 Å². The van der Waals surface area contributed by atoms with Crippen LogP contribution in [0, 0.1) is 25.7 Å². The number of allylic oxidation sites excluding steroid dienone is 4. The molecule has 1 aliphatic heterocycles. The second-order valence-corrected chi connectivity index (χ2v) is 8.33. The number of aliphatic imine (C=N–C) groups is 1. The SMILES string of the molecule is C=CN=C(c1c(N)[nH]c2cc(-c3c(C)noc3C)c(OC)cc12)C1C=CC=C2C=CNCC21. The van der Waals surface area contributed by atoms with Crippen molar-refractivity contribution in [1.29, 1.82) is 0 Å². The maximum atomic E-state index is 6.57. The Labute approximate surface area is 192 Å². The number of methoxy groups -OCH3 is 1. The monoisotopic (exact) mass is 441 g/mol. The molecule has 3 aromatic rings. The molecule has 0 radical (unpaired) electrons. The summed E-state index contributed by atoms with van der Waals surface area (Å²) >= 11 is 0. The molecule has 7 heteroatoms. The number of nitrogens with one attached hydrogen (secondary N) is 2. The van der Waals surface area contributed by atoms with Gasteiger partial charge in [0.1, 0.15) is 17.3 Å². The molecule has 0 amide bonds. The lowest BCUT2D eigenvalue weighted by molar-refractivity contribution is 0.393. The van der Waals surface area contributed by atoms with Crippen molar-refractivity contribution in [3.8, 4) is 16.9 Å². The number of hydrogen-bond acceptors (Lipinski definition) is 6. The molecule has 2 unspecified atom stereocenters. The minimum Gasteiger partial charge on any atom is -0.496 e. The van der Waals surface area contributed by atoms with Crippen LogP contribution in [0.25, 0.3) is 22.0 Å². The van der Waals surface area contributed by atoms with Gasteiger partial charge in [-0.1, -0.05) is 30.0 Å². The second kappa shape index (κ2) is 8.16. The summed E-state index contributed by atoms with van der Waals surface area (Å²) in [4.78, 5) is 8.09. The molecule has 2 aromatic heterocycles. The van der Waals surface area contributed by atoms with Crippen molar-refractivity contribution in [1.82, 2.24) is 15.5 Å². The lowest BCUT2D eigenvalue weighted by Crippen LogP contribution is -2.35. The Morgan fingerprint density at radius 3 is 2.94 bits per heavy atom. The number of rotatable bonds is 5. The topological polar surface area (TPSA) is 101 Å². The van der Waals surface area contributed by atoms with E-state index < -0.39 is 0 Å². The number of fused-ring (bicyclic) bond motifs is 2. The zero-order valence-electron chi connectivity index (χ0n) is 19.0. The Morgan fingerprint density at radius 1 is 1.36 bits per heavy atom. The molecule has 3 heterocycles. The highest BCUT2D eigenvalue weighted by Crippen LogP contribution is 2.41. The van der Waals surface area contributed by atoms with Crippen molar-refractivity contribution in [3.63, 3.8) is 0 Å². The maximum Gasteiger partial charge on any atom is 0.141 e. The molecule has 168 valence electrons. The number of ether oxygens (including phenoxy) is 1. The smallest absolute Gasteiger partial charge is 0.141 e. The zero-order valence-corrected chi connectivity index (χ0v) is 19.0. The van der Waals surface area contributed by atoms with Crippen LogP contribution in [0.2, 0.25) is 0 Å². The molecule has 4 N–H and O–H groups in total. The van der Waals surface area contributed by atoms with Gasteiger partial charge in [-0.25, -0.2) is 0 Å².